The van der Waals surface area contributed by atoms with E-state index in [4.69, 9.17) is 20.9 Å². The van der Waals surface area contributed by atoms with Gasteiger partial charge in [0.2, 0.25) is 0 Å². The van der Waals surface area contributed by atoms with Crippen molar-refractivity contribution >= 4 is 17.6 Å². The first-order valence-corrected chi connectivity index (χ1v) is 12.8. The van der Waals surface area contributed by atoms with E-state index in [9.17, 15) is 5.11 Å². The lowest BCUT2D eigenvalue weighted by atomic mass is 9.93. The number of hydrogen-bond acceptors (Lipinski definition) is 7. The van der Waals surface area contributed by atoms with Gasteiger partial charge in [-0.25, -0.2) is 4.98 Å². The van der Waals surface area contributed by atoms with Crippen LogP contribution in [0.1, 0.15) is 59.0 Å². The number of aryl methyl sites for hydroxylation is 1. The smallest absolute Gasteiger partial charge is 0.107 e. The van der Waals surface area contributed by atoms with E-state index < -0.39 is 5.60 Å². The van der Waals surface area contributed by atoms with E-state index in [1.807, 2.05) is 19.9 Å². The number of ether oxygens (including phenoxy) is 1. The first-order chi connectivity index (χ1) is 16.6. The zero-order chi connectivity index (χ0) is 25.6. The molecule has 1 aromatic heterocycles. The van der Waals surface area contributed by atoms with Gasteiger partial charge in [-0.3, -0.25) is 4.90 Å². The molecule has 0 radical (unpaired) electrons. The number of nitrogens with one attached hydrogen (secondary N) is 2. The van der Waals surface area contributed by atoms with Crippen LogP contribution in [-0.4, -0.2) is 77.7 Å². The number of unbranched alkanes of at least 4 members (excludes halogenated alkanes) is 1. The van der Waals surface area contributed by atoms with E-state index in [1.165, 1.54) is 6.21 Å². The Hall–Kier alpha value is -2.42. The number of nitrogens with zero attached hydrogens (tertiary/aromatic N) is 3. The number of nitrogen functional groups attached to an aromatic ring is 1. The van der Waals surface area contributed by atoms with Crippen LogP contribution >= 0.6 is 0 Å². The van der Waals surface area contributed by atoms with Crippen LogP contribution in [-0.2, 0) is 11.2 Å². The standard InChI is InChI=1S/C27H44N6O2/c1-6-7-8-24-30-23(16-28)25(31-24)21-15-20(9-10-22(21)29)33-13-11-32(12-14-33)17-26(2,3)19-35-27(4,5)18-34/h9-10,15-16,28,34H,6-8,11-14,17-19,29H2,1-5H3,(H,30,31). The molecule has 0 aliphatic carbocycles. The molecule has 3 rings (SSSR count). The van der Waals surface area contributed by atoms with Crippen molar-refractivity contribution in [2.24, 2.45) is 5.41 Å². The number of aromatic nitrogens is 2. The molecule has 0 amide bonds. The molecule has 5 N–H and O–H groups in total. The number of aliphatic hydroxyl groups excluding tert-OH is 1. The van der Waals surface area contributed by atoms with Crippen molar-refractivity contribution in [3.63, 3.8) is 0 Å². The van der Waals surface area contributed by atoms with E-state index in [0.717, 1.165) is 74.8 Å². The molecule has 8 heteroatoms. The quantitative estimate of drug-likeness (QED) is 0.268. The van der Waals surface area contributed by atoms with E-state index in [2.05, 4.69) is 47.7 Å². The SMILES string of the molecule is CCCCc1nc(-c2cc(N3CCN(CC(C)(C)COC(C)(C)CO)CC3)ccc2N)c(C=N)[nH]1. The fraction of sp³-hybridized carbons (Fsp3) is 0.630. The maximum Gasteiger partial charge on any atom is 0.107 e. The van der Waals surface area contributed by atoms with Crippen LogP contribution < -0.4 is 10.6 Å². The molecule has 0 spiro atoms. The molecule has 8 nitrogen and oxygen atoms in total. The highest BCUT2D eigenvalue weighted by Gasteiger charge is 2.28. The third-order valence-corrected chi connectivity index (χ3v) is 6.61. The molecule has 0 atom stereocenters. The second-order valence-corrected chi connectivity index (χ2v) is 11.1. The summed E-state index contributed by atoms with van der Waals surface area (Å²) in [5.74, 6) is 0.910. The Bertz CT molecular complexity index is 976. The summed E-state index contributed by atoms with van der Waals surface area (Å²) in [6.45, 7) is 15.8. The highest BCUT2D eigenvalue weighted by molar-refractivity contribution is 5.89. The van der Waals surface area contributed by atoms with Crippen molar-refractivity contribution < 1.29 is 9.84 Å². The van der Waals surface area contributed by atoms with Crippen LogP contribution in [0.5, 0.6) is 0 Å². The van der Waals surface area contributed by atoms with Crippen molar-refractivity contribution in [1.29, 1.82) is 5.41 Å². The van der Waals surface area contributed by atoms with Gasteiger partial charge in [0.05, 0.1) is 30.2 Å². The maximum absolute atomic E-state index is 9.46. The molecule has 194 valence electrons. The zero-order valence-corrected chi connectivity index (χ0v) is 22.2. The Morgan fingerprint density at radius 3 is 2.54 bits per heavy atom. The minimum Gasteiger partial charge on any atom is -0.398 e. The van der Waals surface area contributed by atoms with Gasteiger partial charge < -0.3 is 30.9 Å². The zero-order valence-electron chi connectivity index (χ0n) is 22.2. The van der Waals surface area contributed by atoms with Crippen molar-refractivity contribution in [1.82, 2.24) is 14.9 Å². The van der Waals surface area contributed by atoms with Gasteiger partial charge in [0.25, 0.3) is 0 Å². The highest BCUT2D eigenvalue weighted by Crippen LogP contribution is 2.32. The third kappa shape index (κ3) is 7.29. The summed E-state index contributed by atoms with van der Waals surface area (Å²) in [5, 5.41) is 17.3. The number of rotatable bonds is 12. The Morgan fingerprint density at radius 2 is 1.91 bits per heavy atom. The van der Waals surface area contributed by atoms with E-state index in [1.54, 1.807) is 0 Å². The van der Waals surface area contributed by atoms with Gasteiger partial charge in [0.15, 0.2) is 0 Å². The van der Waals surface area contributed by atoms with E-state index in [0.29, 0.717) is 18.0 Å². The van der Waals surface area contributed by atoms with Crippen molar-refractivity contribution in [2.75, 3.05) is 56.6 Å². The molecule has 1 aliphatic heterocycles. The summed E-state index contributed by atoms with van der Waals surface area (Å²) in [6.07, 6.45) is 4.37. The largest absolute Gasteiger partial charge is 0.398 e. The number of H-pyrrole nitrogens is 1. The molecule has 2 aromatic rings. The summed E-state index contributed by atoms with van der Waals surface area (Å²) < 4.78 is 5.96. The third-order valence-electron chi connectivity index (χ3n) is 6.61. The Balaban J connectivity index is 1.66. The maximum atomic E-state index is 9.46. The Labute approximate surface area is 210 Å². The lowest BCUT2D eigenvalue weighted by Crippen LogP contribution is -2.50. The minimum atomic E-state index is -0.508. The molecular weight excluding hydrogens is 440 g/mol. The minimum absolute atomic E-state index is 0.00156. The summed E-state index contributed by atoms with van der Waals surface area (Å²) in [6, 6.07) is 6.15. The van der Waals surface area contributed by atoms with Crippen molar-refractivity contribution in [3.05, 3.63) is 29.7 Å². The number of aliphatic hydroxyl groups is 1. The number of piperazine rings is 1. The second-order valence-electron chi connectivity index (χ2n) is 11.1. The molecule has 0 saturated carbocycles. The van der Waals surface area contributed by atoms with Crippen LogP contribution in [0.15, 0.2) is 18.2 Å². The topological polar surface area (TPSA) is 114 Å². The number of imidazole rings is 1. The number of benzene rings is 1. The number of anilines is 2. The van der Waals surface area contributed by atoms with Gasteiger partial charge in [-0.1, -0.05) is 27.2 Å². The van der Waals surface area contributed by atoms with Gasteiger partial charge in [-0.2, -0.15) is 0 Å². The van der Waals surface area contributed by atoms with E-state index in [-0.39, 0.29) is 12.0 Å². The predicted molar refractivity (Wildman–Crippen MR) is 144 cm³/mol. The predicted octanol–water partition coefficient (Wildman–Crippen LogP) is 3.93. The van der Waals surface area contributed by atoms with Crippen LogP contribution in [0.25, 0.3) is 11.3 Å². The fourth-order valence-electron chi connectivity index (χ4n) is 4.41. The molecular formula is C27H44N6O2. The Morgan fingerprint density at radius 1 is 1.20 bits per heavy atom. The van der Waals surface area contributed by atoms with E-state index >= 15 is 0 Å². The number of aromatic amines is 1. The molecule has 1 aromatic carbocycles. The lowest BCUT2D eigenvalue weighted by Gasteiger charge is -2.40. The molecule has 1 fully saturated rings. The van der Waals surface area contributed by atoms with Crippen LogP contribution in [0, 0.1) is 10.8 Å². The molecule has 0 bridgehead atoms. The molecule has 35 heavy (non-hydrogen) atoms. The van der Waals surface area contributed by atoms with Gasteiger partial charge in [-0.15, -0.1) is 0 Å². The lowest BCUT2D eigenvalue weighted by molar-refractivity contribution is -0.0866. The molecule has 2 heterocycles. The molecule has 0 unspecified atom stereocenters. The van der Waals surface area contributed by atoms with Crippen LogP contribution in [0.4, 0.5) is 11.4 Å². The number of hydrogen-bond donors (Lipinski definition) is 4. The summed E-state index contributed by atoms with van der Waals surface area (Å²) in [7, 11) is 0. The van der Waals surface area contributed by atoms with Crippen LogP contribution in [0.3, 0.4) is 0 Å². The van der Waals surface area contributed by atoms with Crippen LogP contribution in [0.2, 0.25) is 0 Å². The van der Waals surface area contributed by atoms with Gasteiger partial charge in [-0.05, 0) is 38.5 Å². The normalized spacial score (nSPS) is 15.5. The molecule has 1 aliphatic rings. The van der Waals surface area contributed by atoms with Gasteiger partial charge >= 0.3 is 0 Å². The summed E-state index contributed by atoms with van der Waals surface area (Å²) >= 11 is 0. The Kier molecular flexibility index (Phi) is 8.96. The van der Waals surface area contributed by atoms with Gasteiger partial charge in [0.1, 0.15) is 5.82 Å². The molecule has 1 saturated heterocycles. The van der Waals surface area contributed by atoms with Crippen molar-refractivity contribution in [3.8, 4) is 11.3 Å². The number of nitrogens with two attached hydrogens (primary N) is 1. The average molecular weight is 485 g/mol. The van der Waals surface area contributed by atoms with Gasteiger partial charge in [0, 0.05) is 67.7 Å². The summed E-state index contributed by atoms with van der Waals surface area (Å²) in [4.78, 5) is 13.0. The highest BCUT2D eigenvalue weighted by atomic mass is 16.5. The average Bonchev–Trinajstić information content (AvgIpc) is 3.25. The summed E-state index contributed by atoms with van der Waals surface area (Å²) in [5.41, 5.74) is 10.0. The fourth-order valence-corrected chi connectivity index (χ4v) is 4.41. The monoisotopic (exact) mass is 484 g/mol. The first-order valence-electron chi connectivity index (χ1n) is 12.8. The second kappa shape index (κ2) is 11.5. The van der Waals surface area contributed by atoms with Crippen molar-refractivity contribution in [2.45, 2.75) is 59.5 Å². The first kappa shape index (κ1) is 27.2.